The molecule has 0 aromatic carbocycles. The largest absolute Gasteiger partial charge is 0.480 e. The van der Waals surface area contributed by atoms with E-state index in [-0.39, 0.29) is 35.7 Å². The Morgan fingerprint density at radius 2 is 2.25 bits per heavy atom. The van der Waals surface area contributed by atoms with Crippen molar-refractivity contribution in [3.8, 4) is 0 Å². The monoisotopic (exact) mass is 299 g/mol. The number of hydrogen-bond donors (Lipinski definition) is 2. The van der Waals surface area contributed by atoms with E-state index in [0.717, 1.165) is 12.8 Å². The summed E-state index contributed by atoms with van der Waals surface area (Å²) in [6, 6.07) is -0.815. The Morgan fingerprint density at radius 1 is 1.50 bits per heavy atom. The van der Waals surface area contributed by atoms with E-state index >= 15 is 0 Å². The molecule has 110 valence electrons. The second kappa shape index (κ2) is 6.25. The van der Waals surface area contributed by atoms with Gasteiger partial charge in [0, 0.05) is 18.6 Å². The smallest absolute Gasteiger partial charge is 0.327 e. The normalized spacial score (nSPS) is 26.1. The summed E-state index contributed by atoms with van der Waals surface area (Å²) < 4.78 is 0. The van der Waals surface area contributed by atoms with Gasteiger partial charge in [0.25, 0.3) is 5.91 Å². The standard InChI is InChI=1S/C12H17N3O4S/c1-2-3-10-15(8(6-20-10)12(18)19)11(17)7-4-5-9(16)14-13-7/h8,10H,2-6H2,1H3,(H,14,16)(H,18,19). The quantitative estimate of drug-likeness (QED) is 0.783. The molecule has 0 spiro atoms. The van der Waals surface area contributed by atoms with Gasteiger partial charge in [0.15, 0.2) is 0 Å². The number of amides is 2. The fourth-order valence-corrected chi connectivity index (χ4v) is 3.79. The van der Waals surface area contributed by atoms with Crippen molar-refractivity contribution in [2.75, 3.05) is 5.75 Å². The van der Waals surface area contributed by atoms with Crippen LogP contribution < -0.4 is 5.43 Å². The lowest BCUT2D eigenvalue weighted by Crippen LogP contribution is -2.49. The maximum atomic E-state index is 12.5. The van der Waals surface area contributed by atoms with Crippen LogP contribution in [-0.2, 0) is 14.4 Å². The summed E-state index contributed by atoms with van der Waals surface area (Å²) in [6.07, 6.45) is 2.09. The van der Waals surface area contributed by atoms with Gasteiger partial charge < -0.3 is 10.0 Å². The highest BCUT2D eigenvalue weighted by Crippen LogP contribution is 2.32. The number of nitrogens with zero attached hydrogens (tertiary/aromatic N) is 2. The Balaban J connectivity index is 2.18. The highest BCUT2D eigenvalue weighted by atomic mass is 32.2. The number of carbonyl (C=O) groups is 3. The molecule has 1 saturated heterocycles. The van der Waals surface area contributed by atoms with E-state index < -0.39 is 12.0 Å². The molecule has 0 saturated carbocycles. The number of carbonyl (C=O) groups excluding carboxylic acids is 2. The zero-order chi connectivity index (χ0) is 14.7. The van der Waals surface area contributed by atoms with Crippen molar-refractivity contribution in [3.05, 3.63) is 0 Å². The molecule has 2 heterocycles. The Morgan fingerprint density at radius 3 is 2.80 bits per heavy atom. The second-order valence-electron chi connectivity index (χ2n) is 4.74. The van der Waals surface area contributed by atoms with Crippen LogP contribution in [0.2, 0.25) is 0 Å². The van der Waals surface area contributed by atoms with Gasteiger partial charge in [0.1, 0.15) is 11.8 Å². The van der Waals surface area contributed by atoms with Gasteiger partial charge >= 0.3 is 5.97 Å². The molecule has 20 heavy (non-hydrogen) atoms. The van der Waals surface area contributed by atoms with Crippen molar-refractivity contribution in [3.63, 3.8) is 0 Å². The van der Waals surface area contributed by atoms with E-state index in [0.29, 0.717) is 5.75 Å². The molecule has 7 nitrogen and oxygen atoms in total. The first-order valence-electron chi connectivity index (χ1n) is 6.57. The fraction of sp³-hybridized carbons (Fsp3) is 0.667. The third-order valence-corrected chi connectivity index (χ3v) is 4.65. The van der Waals surface area contributed by atoms with E-state index in [1.165, 1.54) is 16.7 Å². The maximum absolute atomic E-state index is 12.5. The molecule has 2 aliphatic rings. The summed E-state index contributed by atoms with van der Waals surface area (Å²) in [5.41, 5.74) is 2.51. The summed E-state index contributed by atoms with van der Waals surface area (Å²) in [5, 5.41) is 12.9. The number of carboxylic acids is 1. The molecule has 0 aromatic heterocycles. The molecule has 8 heteroatoms. The lowest BCUT2D eigenvalue weighted by Gasteiger charge is -2.28. The van der Waals surface area contributed by atoms with Crippen LogP contribution in [0.25, 0.3) is 0 Å². The fourth-order valence-electron chi connectivity index (χ4n) is 2.27. The molecule has 2 unspecified atom stereocenters. The van der Waals surface area contributed by atoms with Crippen LogP contribution in [-0.4, -0.2) is 50.7 Å². The van der Waals surface area contributed by atoms with E-state index in [1.807, 2.05) is 6.92 Å². The first-order valence-corrected chi connectivity index (χ1v) is 7.62. The Bertz CT molecular complexity index is 466. The van der Waals surface area contributed by atoms with Crippen molar-refractivity contribution >= 4 is 35.3 Å². The average molecular weight is 299 g/mol. The molecule has 1 fully saturated rings. The molecule has 0 radical (unpaired) electrons. The predicted molar refractivity (Wildman–Crippen MR) is 74.2 cm³/mol. The summed E-state index contributed by atoms with van der Waals surface area (Å²) in [7, 11) is 0. The topological polar surface area (TPSA) is 99.1 Å². The second-order valence-corrected chi connectivity index (χ2v) is 5.95. The van der Waals surface area contributed by atoms with E-state index in [1.54, 1.807) is 0 Å². The van der Waals surface area contributed by atoms with E-state index in [2.05, 4.69) is 10.5 Å². The van der Waals surface area contributed by atoms with Gasteiger partial charge in [0.2, 0.25) is 5.91 Å². The minimum Gasteiger partial charge on any atom is -0.480 e. The van der Waals surface area contributed by atoms with Crippen LogP contribution in [0.3, 0.4) is 0 Å². The van der Waals surface area contributed by atoms with Crippen LogP contribution in [0, 0.1) is 0 Å². The van der Waals surface area contributed by atoms with Crippen molar-refractivity contribution in [1.29, 1.82) is 0 Å². The van der Waals surface area contributed by atoms with Crippen molar-refractivity contribution in [2.45, 2.75) is 44.0 Å². The molecule has 0 aliphatic carbocycles. The summed E-state index contributed by atoms with van der Waals surface area (Å²) >= 11 is 1.49. The van der Waals surface area contributed by atoms with E-state index in [9.17, 15) is 19.5 Å². The number of aliphatic carboxylic acids is 1. The van der Waals surface area contributed by atoms with Crippen LogP contribution in [0.5, 0.6) is 0 Å². The minimum absolute atomic E-state index is 0.131. The van der Waals surface area contributed by atoms with Gasteiger partial charge in [-0.3, -0.25) is 9.59 Å². The van der Waals surface area contributed by atoms with Crippen molar-refractivity contribution in [2.24, 2.45) is 5.10 Å². The molecule has 2 atom stereocenters. The van der Waals surface area contributed by atoms with Gasteiger partial charge in [0.05, 0.1) is 5.37 Å². The van der Waals surface area contributed by atoms with Crippen LogP contribution in [0.4, 0.5) is 0 Å². The third-order valence-electron chi connectivity index (χ3n) is 3.30. The summed E-state index contributed by atoms with van der Waals surface area (Å²) in [5.74, 6) is -1.20. The van der Waals surface area contributed by atoms with E-state index in [4.69, 9.17) is 0 Å². The van der Waals surface area contributed by atoms with Gasteiger partial charge in [-0.15, -0.1) is 11.8 Å². The summed E-state index contributed by atoms with van der Waals surface area (Å²) in [4.78, 5) is 36.2. The van der Waals surface area contributed by atoms with Gasteiger partial charge in [-0.1, -0.05) is 13.3 Å². The van der Waals surface area contributed by atoms with Crippen molar-refractivity contribution < 1.29 is 19.5 Å². The predicted octanol–water partition coefficient (Wildman–Crippen LogP) is 0.407. The van der Waals surface area contributed by atoms with Gasteiger partial charge in [-0.05, 0) is 6.42 Å². The summed E-state index contributed by atoms with van der Waals surface area (Å²) in [6.45, 7) is 2.00. The maximum Gasteiger partial charge on any atom is 0.327 e. The van der Waals surface area contributed by atoms with Gasteiger partial charge in [-0.2, -0.15) is 5.10 Å². The van der Waals surface area contributed by atoms with Crippen molar-refractivity contribution in [1.82, 2.24) is 10.3 Å². The Labute approximate surface area is 120 Å². The number of carboxylic acid groups (broad SMARTS) is 1. The molecular formula is C12H17N3O4S. The molecule has 0 bridgehead atoms. The lowest BCUT2D eigenvalue weighted by molar-refractivity contribution is -0.146. The van der Waals surface area contributed by atoms with Crippen LogP contribution >= 0.6 is 11.8 Å². The highest BCUT2D eigenvalue weighted by molar-refractivity contribution is 8.00. The first-order chi connectivity index (χ1) is 9.54. The Kier molecular flexibility index (Phi) is 4.64. The number of hydrazone groups is 1. The molecule has 0 aromatic rings. The molecule has 2 amide bonds. The average Bonchev–Trinajstić information content (AvgIpc) is 2.83. The number of thioether (sulfide) groups is 1. The number of hydrogen-bond acceptors (Lipinski definition) is 5. The molecule has 2 aliphatic heterocycles. The first kappa shape index (κ1) is 14.8. The van der Waals surface area contributed by atoms with Gasteiger partial charge in [-0.25, -0.2) is 10.2 Å². The molecule has 2 rings (SSSR count). The SMILES string of the molecule is CCCC1SCC(C(=O)O)N1C(=O)C1=NNC(=O)CC1. The molecular weight excluding hydrogens is 282 g/mol. The Hall–Kier alpha value is -1.57. The number of rotatable bonds is 4. The zero-order valence-electron chi connectivity index (χ0n) is 11.2. The highest BCUT2D eigenvalue weighted by Gasteiger charge is 2.42. The molecule has 2 N–H and O–H groups in total. The number of nitrogens with one attached hydrogen (secondary N) is 1. The zero-order valence-corrected chi connectivity index (χ0v) is 12.0. The van der Waals surface area contributed by atoms with Crippen LogP contribution in [0.15, 0.2) is 5.10 Å². The lowest BCUT2D eigenvalue weighted by atomic mass is 10.1. The minimum atomic E-state index is -0.995. The van der Waals surface area contributed by atoms with Crippen LogP contribution in [0.1, 0.15) is 32.6 Å². The third kappa shape index (κ3) is 2.95.